The monoisotopic (exact) mass is 243 g/mol. The van der Waals surface area contributed by atoms with Gasteiger partial charge in [0.05, 0.1) is 22.1 Å². The SMILES string of the molecule is CC(C)(C)C1=C(C(=O)O)N2C(=O)C[C@H]2S1=O. The Morgan fingerprint density at radius 3 is 2.44 bits per heavy atom. The average Bonchev–Trinajstić information content (AvgIpc) is 2.33. The molecule has 5 nitrogen and oxygen atoms in total. The Kier molecular flexibility index (Phi) is 2.24. The van der Waals surface area contributed by atoms with E-state index in [9.17, 15) is 13.8 Å². The van der Waals surface area contributed by atoms with Crippen LogP contribution in [0, 0.1) is 5.41 Å². The first-order valence-corrected chi connectivity index (χ1v) is 6.17. The summed E-state index contributed by atoms with van der Waals surface area (Å²) in [7, 11) is -1.39. The van der Waals surface area contributed by atoms with Crippen molar-refractivity contribution in [2.45, 2.75) is 32.6 Å². The second kappa shape index (κ2) is 3.16. The zero-order chi connectivity index (χ0) is 12.2. The zero-order valence-electron chi connectivity index (χ0n) is 9.31. The van der Waals surface area contributed by atoms with Gasteiger partial charge in [-0.2, -0.15) is 0 Å². The summed E-state index contributed by atoms with van der Waals surface area (Å²) < 4.78 is 12.1. The molecular formula is C10H13NO4S. The first-order valence-electron chi connectivity index (χ1n) is 4.96. The van der Waals surface area contributed by atoms with Crippen molar-refractivity contribution in [1.29, 1.82) is 0 Å². The van der Waals surface area contributed by atoms with Crippen LogP contribution in [0.3, 0.4) is 0 Å². The lowest BCUT2D eigenvalue weighted by molar-refractivity contribution is -0.145. The van der Waals surface area contributed by atoms with E-state index in [4.69, 9.17) is 5.11 Å². The molecule has 0 aromatic heterocycles. The summed E-state index contributed by atoms with van der Waals surface area (Å²) in [5, 5.41) is 8.67. The van der Waals surface area contributed by atoms with Crippen LogP contribution in [0.2, 0.25) is 0 Å². The van der Waals surface area contributed by atoms with E-state index in [1.54, 1.807) is 20.8 Å². The summed E-state index contributed by atoms with van der Waals surface area (Å²) in [6.07, 6.45) is 0.184. The Balaban J connectivity index is 2.58. The highest BCUT2D eigenvalue weighted by Crippen LogP contribution is 2.45. The summed E-state index contributed by atoms with van der Waals surface area (Å²) in [5.74, 6) is -1.43. The van der Waals surface area contributed by atoms with Gasteiger partial charge in [0.25, 0.3) is 0 Å². The number of fused-ring (bicyclic) bond motifs is 1. The highest BCUT2D eigenvalue weighted by atomic mass is 32.2. The molecule has 88 valence electrons. The maximum absolute atomic E-state index is 12.1. The number of hydrogen-bond acceptors (Lipinski definition) is 3. The molecule has 2 aliphatic rings. The van der Waals surface area contributed by atoms with Crippen LogP contribution in [-0.2, 0) is 20.4 Å². The number of aliphatic carboxylic acids is 1. The Morgan fingerprint density at radius 1 is 1.50 bits per heavy atom. The number of amides is 1. The van der Waals surface area contributed by atoms with E-state index in [1.165, 1.54) is 4.90 Å². The van der Waals surface area contributed by atoms with Crippen LogP contribution in [0.15, 0.2) is 10.6 Å². The molecule has 2 rings (SSSR count). The van der Waals surface area contributed by atoms with Crippen molar-refractivity contribution in [2.24, 2.45) is 5.41 Å². The molecule has 0 radical (unpaired) electrons. The number of hydrogen-bond donors (Lipinski definition) is 1. The molecule has 16 heavy (non-hydrogen) atoms. The Morgan fingerprint density at radius 2 is 2.06 bits per heavy atom. The van der Waals surface area contributed by atoms with E-state index >= 15 is 0 Å². The van der Waals surface area contributed by atoms with Gasteiger partial charge in [0, 0.05) is 0 Å². The van der Waals surface area contributed by atoms with Gasteiger partial charge in [0.1, 0.15) is 11.1 Å². The van der Waals surface area contributed by atoms with Crippen LogP contribution in [0.1, 0.15) is 27.2 Å². The Hall–Kier alpha value is -1.17. The second-order valence-electron chi connectivity index (χ2n) is 4.95. The third-order valence-electron chi connectivity index (χ3n) is 2.69. The molecule has 2 heterocycles. The van der Waals surface area contributed by atoms with Gasteiger partial charge in [-0.1, -0.05) is 20.8 Å². The van der Waals surface area contributed by atoms with Gasteiger partial charge < -0.3 is 5.11 Å². The molecule has 0 aromatic carbocycles. The van der Waals surface area contributed by atoms with Crippen LogP contribution in [-0.4, -0.2) is 31.5 Å². The molecule has 0 aromatic rings. The molecule has 0 aliphatic carbocycles. The molecule has 1 fully saturated rings. The third kappa shape index (κ3) is 1.32. The number of carbonyl (C=O) groups excluding carboxylic acids is 1. The number of rotatable bonds is 1. The molecular weight excluding hydrogens is 230 g/mol. The van der Waals surface area contributed by atoms with E-state index < -0.39 is 27.6 Å². The molecule has 2 aliphatic heterocycles. The minimum atomic E-state index is -1.39. The fourth-order valence-electron chi connectivity index (χ4n) is 2.03. The minimum absolute atomic E-state index is 0.0768. The normalized spacial score (nSPS) is 29.2. The lowest BCUT2D eigenvalue weighted by Crippen LogP contribution is -2.51. The lowest BCUT2D eigenvalue weighted by atomic mass is 9.94. The predicted octanol–water partition coefficient (Wildman–Crippen LogP) is 0.649. The van der Waals surface area contributed by atoms with Crippen molar-refractivity contribution in [3.05, 3.63) is 10.6 Å². The van der Waals surface area contributed by atoms with E-state index in [-0.39, 0.29) is 18.0 Å². The van der Waals surface area contributed by atoms with Crippen LogP contribution >= 0.6 is 0 Å². The van der Waals surface area contributed by atoms with Gasteiger partial charge in [-0.25, -0.2) is 4.79 Å². The third-order valence-corrected chi connectivity index (χ3v) is 4.77. The fourth-order valence-corrected chi connectivity index (χ4v) is 3.99. The highest BCUT2D eigenvalue weighted by Gasteiger charge is 2.54. The minimum Gasteiger partial charge on any atom is -0.477 e. The van der Waals surface area contributed by atoms with Crippen LogP contribution in [0.4, 0.5) is 0 Å². The van der Waals surface area contributed by atoms with Crippen molar-refractivity contribution in [3.8, 4) is 0 Å². The quantitative estimate of drug-likeness (QED) is 0.686. The standard InChI is InChI=1S/C10H13NO4S/c1-10(2,3)8-7(9(13)14)11-5(12)4-6(11)16(8)15/h6H,4H2,1-3H3,(H,13,14)/t6-,16?/m1/s1. The number of nitrogens with zero attached hydrogens (tertiary/aromatic N) is 1. The van der Waals surface area contributed by atoms with Crippen LogP contribution < -0.4 is 0 Å². The second-order valence-corrected chi connectivity index (χ2v) is 6.50. The van der Waals surface area contributed by atoms with Crippen molar-refractivity contribution < 1.29 is 18.9 Å². The largest absolute Gasteiger partial charge is 0.477 e. The molecule has 0 spiro atoms. The molecule has 1 amide bonds. The van der Waals surface area contributed by atoms with Gasteiger partial charge in [-0.05, 0) is 5.41 Å². The molecule has 2 atom stereocenters. The summed E-state index contributed by atoms with van der Waals surface area (Å²) in [6.45, 7) is 5.42. The molecule has 0 bridgehead atoms. The first-order chi connectivity index (χ1) is 7.25. The molecule has 1 saturated heterocycles. The smallest absolute Gasteiger partial charge is 0.353 e. The topological polar surface area (TPSA) is 74.7 Å². The summed E-state index contributed by atoms with van der Waals surface area (Å²) >= 11 is 0. The van der Waals surface area contributed by atoms with Crippen molar-refractivity contribution >= 4 is 22.7 Å². The van der Waals surface area contributed by atoms with E-state index in [1.807, 2.05) is 0 Å². The Bertz CT molecular complexity index is 446. The zero-order valence-corrected chi connectivity index (χ0v) is 10.1. The lowest BCUT2D eigenvalue weighted by Gasteiger charge is -2.33. The van der Waals surface area contributed by atoms with Crippen molar-refractivity contribution in [1.82, 2.24) is 4.90 Å². The number of carboxylic acid groups (broad SMARTS) is 1. The van der Waals surface area contributed by atoms with Crippen molar-refractivity contribution in [3.63, 3.8) is 0 Å². The summed E-state index contributed by atoms with van der Waals surface area (Å²) in [6, 6.07) is 0. The number of carboxylic acids is 1. The van der Waals surface area contributed by atoms with Crippen LogP contribution in [0.5, 0.6) is 0 Å². The summed E-state index contributed by atoms with van der Waals surface area (Å²) in [5.41, 5.74) is -0.581. The van der Waals surface area contributed by atoms with Crippen LogP contribution in [0.25, 0.3) is 0 Å². The molecule has 6 heteroatoms. The van der Waals surface area contributed by atoms with Crippen molar-refractivity contribution in [2.75, 3.05) is 0 Å². The van der Waals surface area contributed by atoms with E-state index in [2.05, 4.69) is 0 Å². The molecule has 1 N–H and O–H groups in total. The van der Waals surface area contributed by atoms with E-state index in [0.717, 1.165) is 0 Å². The number of carbonyl (C=O) groups is 2. The predicted molar refractivity (Wildman–Crippen MR) is 57.5 cm³/mol. The van der Waals surface area contributed by atoms with Gasteiger partial charge in [-0.15, -0.1) is 0 Å². The highest BCUT2D eigenvalue weighted by molar-refractivity contribution is 7.90. The number of β-lactam (4-membered cyclic amide) rings is 1. The molecule has 0 saturated carbocycles. The van der Waals surface area contributed by atoms with E-state index in [0.29, 0.717) is 4.91 Å². The van der Waals surface area contributed by atoms with Gasteiger partial charge in [-0.3, -0.25) is 13.9 Å². The van der Waals surface area contributed by atoms with Gasteiger partial charge in [0.15, 0.2) is 0 Å². The van der Waals surface area contributed by atoms with Gasteiger partial charge >= 0.3 is 5.97 Å². The Labute approximate surface area is 95.6 Å². The average molecular weight is 243 g/mol. The summed E-state index contributed by atoms with van der Waals surface area (Å²) in [4.78, 5) is 24.0. The first kappa shape index (κ1) is 11.3. The number of allylic oxidation sites excluding steroid dienone is 1. The fraction of sp³-hybridized carbons (Fsp3) is 0.600. The maximum atomic E-state index is 12.1. The molecule has 1 unspecified atom stereocenters. The van der Waals surface area contributed by atoms with Gasteiger partial charge in [0.2, 0.25) is 5.91 Å². The maximum Gasteiger partial charge on any atom is 0.353 e.